The van der Waals surface area contributed by atoms with Gasteiger partial charge in [0.15, 0.2) is 5.11 Å². The molecule has 0 aliphatic heterocycles. The fourth-order valence-corrected chi connectivity index (χ4v) is 3.26. The smallest absolute Gasteiger partial charge is 0.265 e. The molecular formula is C21H16ClN3O2S2. The van der Waals surface area contributed by atoms with Crippen molar-refractivity contribution in [1.82, 2.24) is 5.32 Å². The highest BCUT2D eigenvalue weighted by Gasteiger charge is 2.07. The quantitative estimate of drug-likeness (QED) is 0.377. The molecule has 29 heavy (non-hydrogen) atoms. The number of amides is 2. The van der Waals surface area contributed by atoms with E-state index in [1.54, 1.807) is 48.5 Å². The first-order valence-corrected chi connectivity index (χ1v) is 10.2. The lowest BCUT2D eigenvalue weighted by atomic mass is 10.2. The molecular weight excluding hydrogens is 426 g/mol. The molecule has 0 saturated heterocycles. The fraction of sp³-hybridized carbons (Fsp3) is 0. The molecule has 3 N–H and O–H groups in total. The molecule has 0 unspecified atom stereocenters. The van der Waals surface area contributed by atoms with E-state index in [1.807, 2.05) is 23.6 Å². The third kappa shape index (κ3) is 6.53. The van der Waals surface area contributed by atoms with E-state index >= 15 is 0 Å². The Morgan fingerprint density at radius 3 is 2.21 bits per heavy atom. The standard InChI is InChI=1S/C21H16ClN3O2S2/c22-15-6-3-14(4-7-15)5-12-19(26)25-21(28)24-17-10-8-16(9-11-17)23-20(27)18-2-1-13-29-18/h1-13H,(H,23,27)(H2,24,25,26,28). The van der Waals surface area contributed by atoms with Crippen LogP contribution in [0.3, 0.4) is 0 Å². The second-order valence-electron chi connectivity index (χ2n) is 5.84. The molecule has 2 aromatic carbocycles. The van der Waals surface area contributed by atoms with Crippen molar-refractivity contribution >= 4 is 69.5 Å². The molecule has 0 fully saturated rings. The van der Waals surface area contributed by atoms with E-state index in [2.05, 4.69) is 16.0 Å². The number of carbonyl (C=O) groups is 2. The van der Waals surface area contributed by atoms with Gasteiger partial charge < -0.3 is 10.6 Å². The summed E-state index contributed by atoms with van der Waals surface area (Å²) in [5.41, 5.74) is 2.20. The number of carbonyl (C=O) groups excluding carboxylic acids is 2. The highest BCUT2D eigenvalue weighted by Crippen LogP contribution is 2.16. The van der Waals surface area contributed by atoms with E-state index in [-0.39, 0.29) is 16.9 Å². The Morgan fingerprint density at radius 2 is 1.59 bits per heavy atom. The van der Waals surface area contributed by atoms with E-state index in [9.17, 15) is 9.59 Å². The van der Waals surface area contributed by atoms with Gasteiger partial charge in [0.1, 0.15) is 0 Å². The molecule has 3 aromatic rings. The molecule has 0 spiro atoms. The highest BCUT2D eigenvalue weighted by atomic mass is 35.5. The third-order valence-corrected chi connectivity index (χ3v) is 5.00. The molecule has 1 heterocycles. The zero-order valence-corrected chi connectivity index (χ0v) is 17.4. The predicted molar refractivity (Wildman–Crippen MR) is 124 cm³/mol. The monoisotopic (exact) mass is 441 g/mol. The second kappa shape index (κ2) is 9.97. The number of hydrogen-bond acceptors (Lipinski definition) is 4. The van der Waals surface area contributed by atoms with Gasteiger partial charge in [-0.3, -0.25) is 14.9 Å². The van der Waals surface area contributed by atoms with Crippen molar-refractivity contribution in [1.29, 1.82) is 0 Å². The average molecular weight is 442 g/mol. The van der Waals surface area contributed by atoms with Crippen molar-refractivity contribution < 1.29 is 9.59 Å². The summed E-state index contributed by atoms with van der Waals surface area (Å²) >= 11 is 12.4. The normalized spacial score (nSPS) is 10.5. The van der Waals surface area contributed by atoms with Crippen molar-refractivity contribution in [2.24, 2.45) is 0 Å². The van der Waals surface area contributed by atoms with Crippen LogP contribution in [0.15, 0.2) is 72.1 Å². The minimum absolute atomic E-state index is 0.157. The third-order valence-electron chi connectivity index (χ3n) is 3.68. The number of halogens is 1. The molecule has 3 rings (SSSR count). The van der Waals surface area contributed by atoms with Gasteiger partial charge >= 0.3 is 0 Å². The fourth-order valence-electron chi connectivity index (χ4n) is 2.30. The summed E-state index contributed by atoms with van der Waals surface area (Å²) in [4.78, 5) is 24.7. The molecule has 0 bridgehead atoms. The van der Waals surface area contributed by atoms with Crippen LogP contribution in [0.1, 0.15) is 15.2 Å². The summed E-state index contributed by atoms with van der Waals surface area (Å²) in [6.07, 6.45) is 3.06. The Hall–Kier alpha value is -3.00. The van der Waals surface area contributed by atoms with Gasteiger partial charge in [-0.1, -0.05) is 29.8 Å². The Kier molecular flexibility index (Phi) is 7.13. The Labute approximate surface area is 182 Å². The Bertz CT molecular complexity index is 1030. The second-order valence-corrected chi connectivity index (χ2v) is 7.63. The van der Waals surface area contributed by atoms with Gasteiger partial charge in [0.05, 0.1) is 4.88 Å². The first-order chi connectivity index (χ1) is 14.0. The van der Waals surface area contributed by atoms with Crippen LogP contribution in [0.2, 0.25) is 5.02 Å². The van der Waals surface area contributed by atoms with Gasteiger partial charge in [-0.2, -0.15) is 0 Å². The molecule has 146 valence electrons. The minimum atomic E-state index is -0.350. The van der Waals surface area contributed by atoms with Crippen molar-refractivity contribution in [3.05, 3.63) is 87.6 Å². The van der Waals surface area contributed by atoms with E-state index < -0.39 is 0 Å². The molecule has 0 atom stereocenters. The lowest BCUT2D eigenvalue weighted by molar-refractivity contribution is -0.115. The van der Waals surface area contributed by atoms with Crippen LogP contribution < -0.4 is 16.0 Å². The SMILES string of the molecule is O=C(C=Cc1ccc(Cl)cc1)NC(=S)Nc1ccc(NC(=O)c2cccs2)cc1. The van der Waals surface area contributed by atoms with Crippen LogP contribution in [0.25, 0.3) is 6.08 Å². The number of hydrogen-bond donors (Lipinski definition) is 3. The molecule has 0 aliphatic carbocycles. The van der Waals surface area contributed by atoms with Crippen LogP contribution in [-0.2, 0) is 4.79 Å². The lowest BCUT2D eigenvalue weighted by Gasteiger charge is -2.09. The van der Waals surface area contributed by atoms with E-state index in [0.29, 0.717) is 21.3 Å². The highest BCUT2D eigenvalue weighted by molar-refractivity contribution is 7.80. The predicted octanol–water partition coefficient (Wildman–Crippen LogP) is 5.18. The average Bonchev–Trinajstić information content (AvgIpc) is 3.24. The summed E-state index contributed by atoms with van der Waals surface area (Å²) < 4.78 is 0. The van der Waals surface area contributed by atoms with E-state index in [0.717, 1.165) is 5.56 Å². The van der Waals surface area contributed by atoms with Gasteiger partial charge in [-0.15, -0.1) is 11.3 Å². The molecule has 0 radical (unpaired) electrons. The first-order valence-electron chi connectivity index (χ1n) is 8.50. The minimum Gasteiger partial charge on any atom is -0.332 e. The molecule has 8 heteroatoms. The van der Waals surface area contributed by atoms with E-state index in [4.69, 9.17) is 23.8 Å². The van der Waals surface area contributed by atoms with Crippen LogP contribution in [0.5, 0.6) is 0 Å². The van der Waals surface area contributed by atoms with Crippen LogP contribution in [-0.4, -0.2) is 16.9 Å². The summed E-state index contributed by atoms with van der Waals surface area (Å²) in [7, 11) is 0. The largest absolute Gasteiger partial charge is 0.332 e. The summed E-state index contributed by atoms with van der Waals surface area (Å²) in [5, 5.41) is 11.0. The number of nitrogens with one attached hydrogen (secondary N) is 3. The molecule has 2 amide bonds. The van der Waals surface area contributed by atoms with Crippen molar-refractivity contribution in [3.8, 4) is 0 Å². The van der Waals surface area contributed by atoms with Crippen LogP contribution in [0.4, 0.5) is 11.4 Å². The van der Waals surface area contributed by atoms with Crippen LogP contribution in [0, 0.1) is 0 Å². The topological polar surface area (TPSA) is 70.2 Å². The van der Waals surface area contributed by atoms with Crippen molar-refractivity contribution in [3.63, 3.8) is 0 Å². The van der Waals surface area contributed by atoms with Crippen LogP contribution >= 0.6 is 35.2 Å². The van der Waals surface area contributed by atoms with Gasteiger partial charge in [-0.05, 0) is 71.7 Å². The number of thiophene rings is 1. The maximum Gasteiger partial charge on any atom is 0.265 e. The summed E-state index contributed by atoms with van der Waals surface area (Å²) in [5.74, 6) is -0.506. The van der Waals surface area contributed by atoms with Crippen molar-refractivity contribution in [2.75, 3.05) is 10.6 Å². The lowest BCUT2D eigenvalue weighted by Crippen LogP contribution is -2.32. The maximum atomic E-state index is 12.0. The number of anilines is 2. The number of rotatable bonds is 5. The van der Waals surface area contributed by atoms with Crippen molar-refractivity contribution in [2.45, 2.75) is 0 Å². The van der Waals surface area contributed by atoms with Gasteiger partial charge in [-0.25, -0.2) is 0 Å². The summed E-state index contributed by atoms with van der Waals surface area (Å²) in [6.45, 7) is 0. The first kappa shape index (κ1) is 20.7. The number of thiocarbonyl (C=S) groups is 1. The molecule has 0 aliphatic rings. The maximum absolute atomic E-state index is 12.0. The zero-order valence-electron chi connectivity index (χ0n) is 15.0. The van der Waals surface area contributed by atoms with E-state index in [1.165, 1.54) is 17.4 Å². The van der Waals surface area contributed by atoms with Gasteiger partial charge in [0.2, 0.25) is 5.91 Å². The van der Waals surface area contributed by atoms with Gasteiger partial charge in [0, 0.05) is 22.5 Å². The Morgan fingerprint density at radius 1 is 0.931 bits per heavy atom. The molecule has 1 aromatic heterocycles. The Balaban J connectivity index is 1.49. The van der Waals surface area contributed by atoms with Gasteiger partial charge in [0.25, 0.3) is 5.91 Å². The zero-order chi connectivity index (χ0) is 20.6. The molecule has 0 saturated carbocycles. The summed E-state index contributed by atoms with van der Waals surface area (Å²) in [6, 6.07) is 17.7. The molecule has 5 nitrogen and oxygen atoms in total. The number of benzene rings is 2.